The molecule has 1 rings (SSSR count). The van der Waals surface area contributed by atoms with E-state index in [1.54, 1.807) is 0 Å². The minimum absolute atomic E-state index is 0.0943. The molecule has 1 saturated carbocycles. The third kappa shape index (κ3) is 4.49. The molecule has 0 unspecified atom stereocenters. The van der Waals surface area contributed by atoms with Gasteiger partial charge in [0.1, 0.15) is 0 Å². The van der Waals surface area contributed by atoms with E-state index in [2.05, 4.69) is 30.9 Å². The Morgan fingerprint density at radius 3 is 2.33 bits per heavy atom. The minimum Gasteiger partial charge on any atom is -0.391 e. The molecule has 1 N–H and O–H groups in total. The van der Waals surface area contributed by atoms with Gasteiger partial charge in [-0.05, 0) is 53.5 Å². The lowest BCUT2D eigenvalue weighted by atomic mass is 9.91. The van der Waals surface area contributed by atoms with Crippen LogP contribution < -0.4 is 0 Å². The van der Waals surface area contributed by atoms with Crippen molar-refractivity contribution in [1.29, 1.82) is 0 Å². The predicted molar refractivity (Wildman–Crippen MR) is 64.1 cm³/mol. The van der Waals surface area contributed by atoms with E-state index in [4.69, 9.17) is 0 Å². The van der Waals surface area contributed by atoms with Gasteiger partial charge in [-0.25, -0.2) is 0 Å². The highest BCUT2D eigenvalue weighted by molar-refractivity contribution is 4.81. The third-order valence-corrected chi connectivity index (χ3v) is 3.38. The molecule has 0 radical (unpaired) electrons. The van der Waals surface area contributed by atoms with Gasteiger partial charge in [0.15, 0.2) is 0 Å². The lowest BCUT2D eigenvalue weighted by molar-refractivity contribution is 0.0312. The van der Waals surface area contributed by atoms with E-state index >= 15 is 0 Å². The number of rotatable bonds is 5. The fourth-order valence-corrected chi connectivity index (χ4v) is 2.41. The molecule has 3 heteroatoms. The normalized spacial score (nSPS) is 27.6. The molecule has 0 amide bonds. The second-order valence-corrected chi connectivity index (χ2v) is 5.06. The van der Waals surface area contributed by atoms with Gasteiger partial charge >= 0.3 is 0 Å². The van der Waals surface area contributed by atoms with Crippen molar-refractivity contribution in [3.63, 3.8) is 0 Å². The molecule has 2 atom stereocenters. The van der Waals surface area contributed by atoms with Gasteiger partial charge in [-0.3, -0.25) is 0 Å². The molecule has 90 valence electrons. The van der Waals surface area contributed by atoms with E-state index < -0.39 is 0 Å². The van der Waals surface area contributed by atoms with E-state index in [1.165, 1.54) is 25.7 Å². The first-order chi connectivity index (χ1) is 7.11. The Balaban J connectivity index is 2.22. The molecule has 0 spiro atoms. The number of hydrogen-bond donors (Lipinski definition) is 1. The van der Waals surface area contributed by atoms with Crippen molar-refractivity contribution in [1.82, 2.24) is 9.80 Å². The van der Waals surface area contributed by atoms with Gasteiger partial charge < -0.3 is 14.9 Å². The summed E-state index contributed by atoms with van der Waals surface area (Å²) in [5.74, 6) is 0. The van der Waals surface area contributed by atoms with Crippen LogP contribution in [0.25, 0.3) is 0 Å². The molecule has 3 nitrogen and oxygen atoms in total. The second-order valence-electron chi connectivity index (χ2n) is 5.06. The summed E-state index contributed by atoms with van der Waals surface area (Å²) in [4.78, 5) is 4.55. The van der Waals surface area contributed by atoms with Crippen LogP contribution in [0.2, 0.25) is 0 Å². The van der Waals surface area contributed by atoms with Crippen molar-refractivity contribution >= 4 is 0 Å². The Hall–Kier alpha value is -0.120. The summed E-state index contributed by atoms with van der Waals surface area (Å²) < 4.78 is 0. The van der Waals surface area contributed by atoms with E-state index in [1.807, 2.05) is 0 Å². The van der Waals surface area contributed by atoms with E-state index in [0.29, 0.717) is 6.04 Å². The monoisotopic (exact) mass is 214 g/mol. The van der Waals surface area contributed by atoms with Gasteiger partial charge in [0.05, 0.1) is 6.10 Å². The highest BCUT2D eigenvalue weighted by atomic mass is 16.3. The zero-order chi connectivity index (χ0) is 11.3. The maximum Gasteiger partial charge on any atom is 0.0695 e. The zero-order valence-electron chi connectivity index (χ0n) is 10.4. The summed E-state index contributed by atoms with van der Waals surface area (Å²) in [6.45, 7) is 2.23. The smallest absolute Gasteiger partial charge is 0.0695 e. The quantitative estimate of drug-likeness (QED) is 0.744. The summed E-state index contributed by atoms with van der Waals surface area (Å²) in [6.07, 6.45) is 5.72. The first-order valence-corrected chi connectivity index (χ1v) is 6.14. The first-order valence-electron chi connectivity index (χ1n) is 6.14. The molecule has 0 aromatic heterocycles. The third-order valence-electron chi connectivity index (χ3n) is 3.38. The first kappa shape index (κ1) is 12.9. The molecule has 0 aromatic rings. The zero-order valence-corrected chi connectivity index (χ0v) is 10.4. The molecule has 0 bridgehead atoms. The molecule has 1 aliphatic carbocycles. The van der Waals surface area contributed by atoms with Crippen LogP contribution in [0.4, 0.5) is 0 Å². The summed E-state index contributed by atoms with van der Waals surface area (Å²) in [6, 6.07) is 0.404. The molecular weight excluding hydrogens is 188 g/mol. The van der Waals surface area contributed by atoms with Crippen LogP contribution >= 0.6 is 0 Å². The van der Waals surface area contributed by atoms with Crippen molar-refractivity contribution in [3.8, 4) is 0 Å². The molecular formula is C12H26N2O. The van der Waals surface area contributed by atoms with Crippen molar-refractivity contribution in [2.45, 2.75) is 44.2 Å². The highest BCUT2D eigenvalue weighted by Gasteiger charge is 2.25. The van der Waals surface area contributed by atoms with Crippen LogP contribution in [0.5, 0.6) is 0 Å². The van der Waals surface area contributed by atoms with E-state index in [9.17, 15) is 5.11 Å². The van der Waals surface area contributed by atoms with Gasteiger partial charge in [-0.1, -0.05) is 12.8 Å². The van der Waals surface area contributed by atoms with Gasteiger partial charge in [-0.15, -0.1) is 0 Å². The summed E-state index contributed by atoms with van der Waals surface area (Å²) in [5, 5.41) is 9.90. The van der Waals surface area contributed by atoms with Crippen molar-refractivity contribution in [2.75, 3.05) is 34.2 Å². The van der Waals surface area contributed by atoms with Crippen LogP contribution in [0.3, 0.4) is 0 Å². The van der Waals surface area contributed by atoms with Crippen molar-refractivity contribution in [3.05, 3.63) is 0 Å². The average Bonchev–Trinajstić information content (AvgIpc) is 2.17. The Bertz CT molecular complexity index is 173. The Labute approximate surface area is 94.1 Å². The summed E-state index contributed by atoms with van der Waals surface area (Å²) in [7, 11) is 6.36. The SMILES string of the molecule is CN(C)CCCN(C)[C@@H]1CCCC[C@H]1O. The Morgan fingerprint density at radius 1 is 1.07 bits per heavy atom. The lowest BCUT2D eigenvalue weighted by Gasteiger charge is -2.35. The van der Waals surface area contributed by atoms with Crippen LogP contribution in [-0.2, 0) is 0 Å². The molecule has 15 heavy (non-hydrogen) atoms. The Kier molecular flexibility index (Phi) is 5.58. The lowest BCUT2D eigenvalue weighted by Crippen LogP contribution is -2.44. The van der Waals surface area contributed by atoms with Gasteiger partial charge in [-0.2, -0.15) is 0 Å². The van der Waals surface area contributed by atoms with E-state index in [0.717, 1.165) is 19.5 Å². The average molecular weight is 214 g/mol. The fourth-order valence-electron chi connectivity index (χ4n) is 2.41. The molecule has 1 aliphatic rings. The molecule has 0 aliphatic heterocycles. The predicted octanol–water partition coefficient (Wildman–Crippen LogP) is 1.17. The van der Waals surface area contributed by atoms with Crippen molar-refractivity contribution < 1.29 is 5.11 Å². The minimum atomic E-state index is -0.0943. The highest BCUT2D eigenvalue weighted by Crippen LogP contribution is 2.22. The number of nitrogens with zero attached hydrogens (tertiary/aromatic N) is 2. The number of aliphatic hydroxyl groups is 1. The topological polar surface area (TPSA) is 26.7 Å². The van der Waals surface area contributed by atoms with Gasteiger partial charge in [0, 0.05) is 6.04 Å². The van der Waals surface area contributed by atoms with Crippen LogP contribution in [0.1, 0.15) is 32.1 Å². The van der Waals surface area contributed by atoms with Crippen LogP contribution in [-0.4, -0.2) is 61.3 Å². The largest absolute Gasteiger partial charge is 0.391 e. The van der Waals surface area contributed by atoms with Crippen molar-refractivity contribution in [2.24, 2.45) is 0 Å². The molecule has 0 saturated heterocycles. The number of hydrogen-bond acceptors (Lipinski definition) is 3. The standard InChI is InChI=1S/C12H26N2O/c1-13(2)9-6-10-14(3)11-7-4-5-8-12(11)15/h11-12,15H,4-10H2,1-3H3/t11-,12-/m1/s1. The summed E-state index contributed by atoms with van der Waals surface area (Å²) >= 11 is 0. The maximum absolute atomic E-state index is 9.90. The summed E-state index contributed by atoms with van der Waals surface area (Å²) in [5.41, 5.74) is 0. The molecule has 1 fully saturated rings. The number of likely N-dealkylation sites (N-methyl/N-ethyl adjacent to an activating group) is 1. The van der Waals surface area contributed by atoms with Crippen LogP contribution in [0.15, 0.2) is 0 Å². The molecule has 0 aromatic carbocycles. The van der Waals surface area contributed by atoms with Crippen LogP contribution in [0, 0.1) is 0 Å². The Morgan fingerprint density at radius 2 is 1.73 bits per heavy atom. The van der Waals surface area contributed by atoms with Gasteiger partial charge in [0.2, 0.25) is 0 Å². The second kappa shape index (κ2) is 6.46. The fraction of sp³-hybridized carbons (Fsp3) is 1.00. The number of aliphatic hydroxyl groups excluding tert-OH is 1. The molecule has 0 heterocycles. The maximum atomic E-state index is 9.90. The van der Waals surface area contributed by atoms with Gasteiger partial charge in [0.25, 0.3) is 0 Å². The van der Waals surface area contributed by atoms with E-state index in [-0.39, 0.29) is 6.10 Å².